The van der Waals surface area contributed by atoms with Crippen LogP contribution in [-0.2, 0) is 37.8 Å². The lowest BCUT2D eigenvalue weighted by molar-refractivity contribution is -0.153. The van der Waals surface area contributed by atoms with Crippen LogP contribution in [-0.4, -0.2) is 60.4 Å². The molecule has 2 aliphatic rings. The number of nitrogens with zero attached hydrogens (tertiary/aromatic N) is 4. The molecule has 1 aromatic heterocycles. The van der Waals surface area contributed by atoms with E-state index in [0.29, 0.717) is 25.2 Å². The van der Waals surface area contributed by atoms with E-state index in [1.54, 1.807) is 23.4 Å². The van der Waals surface area contributed by atoms with E-state index >= 15 is 0 Å². The van der Waals surface area contributed by atoms with Crippen LogP contribution in [0.4, 0.5) is 5.69 Å². The molecule has 1 fully saturated rings. The molecule has 0 unspecified atom stereocenters. The second-order valence-corrected chi connectivity index (χ2v) is 10.2. The Morgan fingerprint density at radius 3 is 2.56 bits per heavy atom. The summed E-state index contributed by atoms with van der Waals surface area (Å²) in [6, 6.07) is 7.77. The zero-order valence-electron chi connectivity index (χ0n) is 18.4. The quantitative estimate of drug-likeness (QED) is 0.629. The molecule has 0 N–H and O–H groups in total. The lowest BCUT2D eigenvalue weighted by Crippen LogP contribution is -2.42. The molecule has 1 saturated heterocycles. The van der Waals surface area contributed by atoms with Gasteiger partial charge in [0.2, 0.25) is 0 Å². The lowest BCUT2D eigenvalue weighted by atomic mass is 9.98. The van der Waals surface area contributed by atoms with Crippen molar-refractivity contribution < 1.29 is 22.7 Å². The van der Waals surface area contributed by atoms with Crippen LogP contribution in [0, 0.1) is 12.8 Å². The minimum Gasteiger partial charge on any atom is -0.455 e. The van der Waals surface area contributed by atoms with E-state index in [1.165, 1.54) is 10.5 Å². The second kappa shape index (κ2) is 9.03. The highest BCUT2D eigenvalue weighted by atomic mass is 32.2. The van der Waals surface area contributed by atoms with Gasteiger partial charge in [0.15, 0.2) is 11.6 Å². The highest BCUT2D eigenvalue weighted by Crippen LogP contribution is 2.27. The maximum Gasteiger partial charge on any atom is 0.309 e. The van der Waals surface area contributed by atoms with Crippen LogP contribution in [0.15, 0.2) is 35.5 Å². The maximum absolute atomic E-state index is 12.8. The number of anilines is 1. The van der Waals surface area contributed by atoms with Crippen molar-refractivity contribution in [2.75, 3.05) is 31.1 Å². The zero-order chi connectivity index (χ0) is 22.9. The molecule has 172 valence electrons. The van der Waals surface area contributed by atoms with E-state index in [4.69, 9.17) is 4.74 Å². The number of aromatic nitrogens is 2. The van der Waals surface area contributed by atoms with Crippen molar-refractivity contribution in [2.45, 2.75) is 37.6 Å². The van der Waals surface area contributed by atoms with E-state index < -0.39 is 21.9 Å². The minimum absolute atomic E-state index is 0.0194. The zero-order valence-corrected chi connectivity index (χ0v) is 19.2. The van der Waals surface area contributed by atoms with Crippen molar-refractivity contribution in [3.8, 4) is 0 Å². The smallest absolute Gasteiger partial charge is 0.309 e. The normalized spacial score (nSPS) is 17.8. The number of aryl methyl sites for hydroxylation is 3. The van der Waals surface area contributed by atoms with Crippen LogP contribution >= 0.6 is 0 Å². The summed E-state index contributed by atoms with van der Waals surface area (Å²) in [7, 11) is -1.95. The number of sulfonamides is 1. The first-order valence-corrected chi connectivity index (χ1v) is 12.3. The van der Waals surface area contributed by atoms with Crippen LogP contribution in [0.2, 0.25) is 0 Å². The largest absolute Gasteiger partial charge is 0.455 e. The van der Waals surface area contributed by atoms with Gasteiger partial charge in [0.1, 0.15) is 5.82 Å². The number of imidazole rings is 1. The number of hydrogen-bond donors (Lipinski definition) is 0. The van der Waals surface area contributed by atoms with Crippen molar-refractivity contribution in [3.05, 3.63) is 41.9 Å². The van der Waals surface area contributed by atoms with Gasteiger partial charge in [-0.3, -0.25) is 9.59 Å². The van der Waals surface area contributed by atoms with Crippen molar-refractivity contribution in [1.29, 1.82) is 0 Å². The Hall–Kier alpha value is -2.72. The molecule has 0 aliphatic carbocycles. The third kappa shape index (κ3) is 4.42. The van der Waals surface area contributed by atoms with Gasteiger partial charge in [-0.05, 0) is 44.2 Å². The molecule has 0 saturated carbocycles. The summed E-state index contributed by atoms with van der Waals surface area (Å²) in [4.78, 5) is 31.0. The third-order valence-corrected chi connectivity index (χ3v) is 8.00. The molecule has 4 rings (SSSR count). The van der Waals surface area contributed by atoms with Crippen molar-refractivity contribution >= 4 is 27.6 Å². The van der Waals surface area contributed by atoms with Crippen LogP contribution in [0.3, 0.4) is 0 Å². The number of rotatable bonds is 5. The van der Waals surface area contributed by atoms with Gasteiger partial charge >= 0.3 is 5.97 Å². The number of hydrogen-bond acceptors (Lipinski definition) is 6. The number of esters is 1. The lowest BCUT2D eigenvalue weighted by Gasteiger charge is -2.30. The molecular formula is C22H28N4O5S. The Morgan fingerprint density at radius 2 is 1.88 bits per heavy atom. The average Bonchev–Trinajstić information content (AvgIpc) is 3.16. The Kier molecular flexibility index (Phi) is 6.34. The van der Waals surface area contributed by atoms with Crippen molar-refractivity contribution in [3.63, 3.8) is 0 Å². The Balaban J connectivity index is 1.30. The monoisotopic (exact) mass is 460 g/mol. The van der Waals surface area contributed by atoms with E-state index in [9.17, 15) is 18.0 Å². The molecule has 10 heteroatoms. The number of piperidine rings is 1. The number of para-hydroxylation sites is 1. The molecule has 3 heterocycles. The molecule has 1 amide bonds. The summed E-state index contributed by atoms with van der Waals surface area (Å²) in [5, 5.41) is 0.0194. The van der Waals surface area contributed by atoms with Gasteiger partial charge < -0.3 is 14.2 Å². The van der Waals surface area contributed by atoms with Gasteiger partial charge in [0, 0.05) is 38.6 Å². The molecule has 2 aliphatic heterocycles. The number of carbonyl (C=O) groups is 2. The number of amides is 1. The summed E-state index contributed by atoms with van der Waals surface area (Å²) in [5.74, 6) is -0.498. The Labute approximate surface area is 188 Å². The molecule has 1 aromatic carbocycles. The fourth-order valence-electron chi connectivity index (χ4n) is 4.24. The number of fused-ring (bicyclic) bond motifs is 1. The maximum atomic E-state index is 12.8. The van der Waals surface area contributed by atoms with Gasteiger partial charge in [-0.2, -0.15) is 4.31 Å². The molecule has 9 nitrogen and oxygen atoms in total. The van der Waals surface area contributed by atoms with Crippen molar-refractivity contribution in [2.24, 2.45) is 13.0 Å². The number of ether oxygens (including phenoxy) is 1. The van der Waals surface area contributed by atoms with Gasteiger partial charge in [0.25, 0.3) is 15.9 Å². The van der Waals surface area contributed by atoms with E-state index in [-0.39, 0.29) is 30.6 Å². The Bertz CT molecular complexity index is 1100. The summed E-state index contributed by atoms with van der Waals surface area (Å²) in [6.45, 7) is 2.47. The average molecular weight is 461 g/mol. The van der Waals surface area contributed by atoms with Crippen LogP contribution in [0.25, 0.3) is 0 Å². The number of carbonyl (C=O) groups excluding carboxylic acids is 2. The molecule has 2 aromatic rings. The van der Waals surface area contributed by atoms with Crippen LogP contribution < -0.4 is 4.90 Å². The topological polar surface area (TPSA) is 102 Å². The standard InChI is InChI=1S/C22H28N4O5S/c1-16-23-20(14-24(16)2)32(29,30)25-12-9-18(10-13-25)22(28)31-15-21(27)26-11-5-7-17-6-3-4-8-19(17)26/h3-4,6,8,14,18H,5,7,9-13,15H2,1-2H3. The second-order valence-electron chi connectivity index (χ2n) is 8.30. The van der Waals surface area contributed by atoms with Gasteiger partial charge in [0.05, 0.1) is 5.92 Å². The van der Waals surface area contributed by atoms with Crippen molar-refractivity contribution in [1.82, 2.24) is 13.9 Å². The summed E-state index contributed by atoms with van der Waals surface area (Å²) < 4.78 is 33.9. The molecule has 0 atom stereocenters. The molecular weight excluding hydrogens is 432 g/mol. The fourth-order valence-corrected chi connectivity index (χ4v) is 5.73. The predicted octanol–water partition coefficient (Wildman–Crippen LogP) is 1.65. The number of benzene rings is 1. The predicted molar refractivity (Wildman–Crippen MR) is 118 cm³/mol. The highest BCUT2D eigenvalue weighted by molar-refractivity contribution is 7.89. The van der Waals surface area contributed by atoms with Crippen LogP contribution in [0.5, 0.6) is 0 Å². The molecule has 32 heavy (non-hydrogen) atoms. The fraction of sp³-hybridized carbons (Fsp3) is 0.500. The van der Waals surface area contributed by atoms with Gasteiger partial charge in [-0.1, -0.05) is 18.2 Å². The van der Waals surface area contributed by atoms with E-state index in [2.05, 4.69) is 4.98 Å². The third-order valence-electron chi connectivity index (χ3n) is 6.23. The van der Waals surface area contributed by atoms with Gasteiger partial charge in [-0.15, -0.1) is 0 Å². The summed E-state index contributed by atoms with van der Waals surface area (Å²) in [6.07, 6.45) is 4.00. The first kappa shape index (κ1) is 22.5. The minimum atomic E-state index is -3.69. The Morgan fingerprint density at radius 1 is 1.16 bits per heavy atom. The van der Waals surface area contributed by atoms with E-state index in [0.717, 1.165) is 24.1 Å². The molecule has 0 radical (unpaired) electrons. The van der Waals surface area contributed by atoms with E-state index in [1.807, 2.05) is 24.3 Å². The van der Waals surface area contributed by atoms with Gasteiger partial charge in [-0.25, -0.2) is 13.4 Å². The molecule has 0 bridgehead atoms. The molecule has 0 spiro atoms. The first-order chi connectivity index (χ1) is 15.3. The van der Waals surface area contributed by atoms with Crippen LogP contribution in [0.1, 0.15) is 30.7 Å². The highest BCUT2D eigenvalue weighted by Gasteiger charge is 2.34. The summed E-state index contributed by atoms with van der Waals surface area (Å²) in [5.41, 5.74) is 2.00. The SMILES string of the molecule is Cc1nc(S(=O)(=O)N2CCC(C(=O)OCC(=O)N3CCCc4ccccc43)CC2)cn1C. The summed E-state index contributed by atoms with van der Waals surface area (Å²) >= 11 is 0. The first-order valence-electron chi connectivity index (χ1n) is 10.8.